The van der Waals surface area contributed by atoms with Gasteiger partial charge in [0.25, 0.3) is 10.0 Å². The Morgan fingerprint density at radius 3 is 3.05 bits per heavy atom. The summed E-state index contributed by atoms with van der Waals surface area (Å²) in [6.07, 6.45) is 3.18. The molecule has 8 heteroatoms. The molecule has 3 rings (SSSR count). The summed E-state index contributed by atoms with van der Waals surface area (Å²) in [6.45, 7) is 0.625. The van der Waals surface area contributed by atoms with Gasteiger partial charge in [0.2, 0.25) is 5.13 Å². The molecule has 100 valence electrons. The van der Waals surface area contributed by atoms with E-state index in [9.17, 15) is 8.42 Å². The summed E-state index contributed by atoms with van der Waals surface area (Å²) in [5, 5.41) is 0.249. The first-order valence-corrected chi connectivity index (χ1v) is 7.96. The fraction of sp³-hybridized carbons (Fsp3) is 0.273. The van der Waals surface area contributed by atoms with Crippen LogP contribution in [-0.4, -0.2) is 24.4 Å². The molecule has 1 aromatic carbocycles. The van der Waals surface area contributed by atoms with Crippen molar-refractivity contribution < 1.29 is 13.2 Å². The van der Waals surface area contributed by atoms with Gasteiger partial charge in [0.05, 0.1) is 11.5 Å². The summed E-state index contributed by atoms with van der Waals surface area (Å²) in [7, 11) is -3.64. The number of anilines is 1. The summed E-state index contributed by atoms with van der Waals surface area (Å²) in [4.78, 5) is 3.97. The minimum atomic E-state index is -3.64. The molecule has 6 nitrogen and oxygen atoms in total. The Balaban J connectivity index is 1.93. The van der Waals surface area contributed by atoms with Gasteiger partial charge in [0.1, 0.15) is 12.1 Å². The zero-order chi connectivity index (χ0) is 13.3. The molecule has 2 aromatic rings. The molecule has 1 aliphatic rings. The molecule has 1 N–H and O–H groups in total. The molecule has 0 bridgehead atoms. The molecular formula is C11H11N3O3S2. The van der Waals surface area contributed by atoms with E-state index in [1.165, 1.54) is 6.33 Å². The van der Waals surface area contributed by atoms with Crippen molar-refractivity contribution in [2.75, 3.05) is 11.3 Å². The monoisotopic (exact) mass is 297 g/mol. The van der Waals surface area contributed by atoms with Gasteiger partial charge in [-0.15, -0.1) is 0 Å². The van der Waals surface area contributed by atoms with Crippen molar-refractivity contribution in [3.8, 4) is 5.75 Å². The third-order valence-electron chi connectivity index (χ3n) is 2.78. The predicted molar refractivity (Wildman–Crippen MR) is 71.0 cm³/mol. The van der Waals surface area contributed by atoms with E-state index >= 15 is 0 Å². The van der Waals surface area contributed by atoms with E-state index in [0.29, 0.717) is 12.4 Å². The molecule has 19 heavy (non-hydrogen) atoms. The quantitative estimate of drug-likeness (QED) is 0.932. The van der Waals surface area contributed by atoms with Crippen LogP contribution in [0.1, 0.15) is 12.0 Å². The van der Waals surface area contributed by atoms with Crippen LogP contribution >= 0.6 is 11.5 Å². The van der Waals surface area contributed by atoms with Crippen molar-refractivity contribution in [2.45, 2.75) is 17.7 Å². The van der Waals surface area contributed by atoms with E-state index < -0.39 is 10.0 Å². The lowest BCUT2D eigenvalue weighted by atomic mass is 10.1. The number of rotatable bonds is 3. The van der Waals surface area contributed by atoms with Gasteiger partial charge in [-0.25, -0.2) is 13.4 Å². The van der Waals surface area contributed by atoms with Gasteiger partial charge < -0.3 is 4.74 Å². The second kappa shape index (κ2) is 4.78. The van der Waals surface area contributed by atoms with E-state index in [1.807, 2.05) is 0 Å². The van der Waals surface area contributed by atoms with Gasteiger partial charge in [-0.1, -0.05) is 6.07 Å². The third kappa shape index (κ3) is 2.54. The molecule has 1 aromatic heterocycles. The number of hydrogen-bond donors (Lipinski definition) is 1. The highest BCUT2D eigenvalue weighted by Crippen LogP contribution is 2.28. The minimum Gasteiger partial charge on any atom is -0.493 e. The fourth-order valence-electron chi connectivity index (χ4n) is 1.88. The van der Waals surface area contributed by atoms with Gasteiger partial charge in [-0.05, 0) is 24.5 Å². The maximum Gasteiger partial charge on any atom is 0.263 e. The van der Waals surface area contributed by atoms with Crippen LogP contribution in [0.2, 0.25) is 0 Å². The summed E-state index contributed by atoms with van der Waals surface area (Å²) < 4.78 is 35.9. The topological polar surface area (TPSA) is 81.2 Å². The average Bonchev–Trinajstić information content (AvgIpc) is 2.90. The van der Waals surface area contributed by atoms with Crippen LogP contribution in [0.5, 0.6) is 5.75 Å². The van der Waals surface area contributed by atoms with Gasteiger partial charge in [0, 0.05) is 17.6 Å². The molecule has 1 aliphatic heterocycles. The van der Waals surface area contributed by atoms with Crippen molar-refractivity contribution in [3.05, 3.63) is 30.1 Å². The predicted octanol–water partition coefficient (Wildman–Crippen LogP) is 1.66. The van der Waals surface area contributed by atoms with Crippen LogP contribution in [-0.2, 0) is 16.4 Å². The lowest BCUT2D eigenvalue weighted by molar-refractivity contribution is 0.287. The van der Waals surface area contributed by atoms with Gasteiger partial charge in [-0.2, -0.15) is 4.37 Å². The maximum atomic E-state index is 12.2. The number of sulfonamides is 1. The molecule has 0 fully saturated rings. The smallest absolute Gasteiger partial charge is 0.263 e. The van der Waals surface area contributed by atoms with Gasteiger partial charge in [-0.3, -0.25) is 4.72 Å². The Hall–Kier alpha value is -1.67. The van der Waals surface area contributed by atoms with Crippen LogP contribution in [0.4, 0.5) is 5.13 Å². The molecule has 0 atom stereocenters. The first-order valence-electron chi connectivity index (χ1n) is 5.70. The van der Waals surface area contributed by atoms with Gasteiger partial charge >= 0.3 is 0 Å². The molecule has 0 radical (unpaired) electrons. The van der Waals surface area contributed by atoms with Crippen molar-refractivity contribution in [3.63, 3.8) is 0 Å². The third-order valence-corrected chi connectivity index (χ3v) is 4.83. The zero-order valence-electron chi connectivity index (χ0n) is 9.87. The SMILES string of the molecule is O=S(=O)(Nc1ncns1)c1ccc2c(c1)OCCC2. The molecule has 0 aliphatic carbocycles. The number of aromatic nitrogens is 2. The lowest BCUT2D eigenvalue weighted by Crippen LogP contribution is -2.14. The highest BCUT2D eigenvalue weighted by Gasteiger charge is 2.19. The molecule has 0 spiro atoms. The number of ether oxygens (including phenoxy) is 1. The van der Waals surface area contributed by atoms with E-state index in [-0.39, 0.29) is 10.0 Å². The van der Waals surface area contributed by atoms with Crippen LogP contribution in [0, 0.1) is 0 Å². The Morgan fingerprint density at radius 1 is 1.37 bits per heavy atom. The van der Waals surface area contributed by atoms with Crippen molar-refractivity contribution in [1.29, 1.82) is 0 Å². The number of aryl methyl sites for hydroxylation is 1. The summed E-state index contributed by atoms with van der Waals surface area (Å²) in [5.41, 5.74) is 1.04. The Morgan fingerprint density at radius 2 is 2.26 bits per heavy atom. The Bertz CT molecular complexity index is 683. The molecule has 0 saturated heterocycles. The largest absolute Gasteiger partial charge is 0.493 e. The lowest BCUT2D eigenvalue weighted by Gasteiger charge is -2.17. The average molecular weight is 297 g/mol. The second-order valence-electron chi connectivity index (χ2n) is 4.07. The molecular weight excluding hydrogens is 286 g/mol. The van der Waals surface area contributed by atoms with E-state index in [2.05, 4.69) is 14.1 Å². The molecule has 0 saturated carbocycles. The van der Waals surface area contributed by atoms with E-state index in [1.54, 1.807) is 18.2 Å². The Labute approximate surface area is 114 Å². The second-order valence-corrected chi connectivity index (χ2v) is 6.54. The summed E-state index contributed by atoms with van der Waals surface area (Å²) >= 11 is 0.991. The minimum absolute atomic E-state index is 0.170. The van der Waals surface area contributed by atoms with E-state index in [4.69, 9.17) is 4.74 Å². The maximum absolute atomic E-state index is 12.2. The van der Waals surface area contributed by atoms with Crippen LogP contribution < -0.4 is 9.46 Å². The first kappa shape index (κ1) is 12.4. The van der Waals surface area contributed by atoms with E-state index in [0.717, 1.165) is 29.9 Å². The van der Waals surface area contributed by atoms with Crippen molar-refractivity contribution in [1.82, 2.24) is 9.36 Å². The zero-order valence-corrected chi connectivity index (χ0v) is 11.5. The van der Waals surface area contributed by atoms with Crippen LogP contribution in [0.25, 0.3) is 0 Å². The highest BCUT2D eigenvalue weighted by molar-refractivity contribution is 7.93. The molecule has 2 heterocycles. The van der Waals surface area contributed by atoms with Crippen molar-refractivity contribution >= 4 is 26.7 Å². The molecule has 0 amide bonds. The summed E-state index contributed by atoms with van der Waals surface area (Å²) in [6, 6.07) is 4.93. The number of nitrogens with zero attached hydrogens (tertiary/aromatic N) is 2. The normalized spacial score (nSPS) is 14.5. The fourth-order valence-corrected chi connectivity index (χ4v) is 3.56. The highest BCUT2D eigenvalue weighted by atomic mass is 32.2. The number of hydrogen-bond acceptors (Lipinski definition) is 6. The van der Waals surface area contributed by atoms with Crippen molar-refractivity contribution in [2.24, 2.45) is 0 Å². The van der Waals surface area contributed by atoms with Crippen LogP contribution in [0.15, 0.2) is 29.4 Å². The first-order chi connectivity index (χ1) is 9.15. The molecule has 0 unspecified atom stereocenters. The number of benzene rings is 1. The van der Waals surface area contributed by atoms with Crippen LogP contribution in [0.3, 0.4) is 0 Å². The Kier molecular flexibility index (Phi) is 3.11. The standard InChI is InChI=1S/C11H11N3O3S2/c15-19(16,14-11-12-7-13-18-11)9-4-3-8-2-1-5-17-10(8)6-9/h3-4,6-7H,1-2,5H2,(H,12,13,14). The number of fused-ring (bicyclic) bond motifs is 1. The summed E-state index contributed by atoms with van der Waals surface area (Å²) in [5.74, 6) is 0.645. The number of nitrogens with one attached hydrogen (secondary N) is 1. The van der Waals surface area contributed by atoms with Gasteiger partial charge in [0.15, 0.2) is 0 Å².